The fourth-order valence-corrected chi connectivity index (χ4v) is 1.42. The molecule has 1 amide bonds. The number of nitrogens with one attached hydrogen (secondary N) is 3. The molecule has 19 heavy (non-hydrogen) atoms. The number of rotatable bonds is 7. The number of methoxy groups -OCH3 is 1. The Bertz CT molecular complexity index is 423. The van der Waals surface area contributed by atoms with E-state index in [-0.39, 0.29) is 12.5 Å². The monoisotopic (exact) mass is 267 g/mol. The number of hydrogen-bond acceptors (Lipinski definition) is 6. The van der Waals surface area contributed by atoms with Gasteiger partial charge in [0, 0.05) is 13.6 Å². The van der Waals surface area contributed by atoms with Crippen molar-refractivity contribution in [2.75, 3.05) is 37.9 Å². The standard InChI is InChI=1S/C12H21N5O2/c1-8(2)5-14-9(18)6-15-12-10(19-4)11(13-3)16-7-17-12/h7-8H,5-6H2,1-4H3,(H,14,18)(H2,13,15,16,17). The van der Waals surface area contributed by atoms with Crippen molar-refractivity contribution < 1.29 is 9.53 Å². The molecular weight excluding hydrogens is 246 g/mol. The molecule has 0 atom stereocenters. The molecule has 0 aliphatic rings. The number of carbonyl (C=O) groups excluding carboxylic acids is 1. The Labute approximate surface area is 113 Å². The molecule has 7 nitrogen and oxygen atoms in total. The molecule has 1 aromatic rings. The van der Waals surface area contributed by atoms with E-state index in [1.54, 1.807) is 7.05 Å². The van der Waals surface area contributed by atoms with Gasteiger partial charge in [-0.05, 0) is 5.92 Å². The molecule has 0 bridgehead atoms. The molecule has 0 fully saturated rings. The number of hydrogen-bond donors (Lipinski definition) is 3. The van der Waals surface area contributed by atoms with Crippen molar-refractivity contribution in [1.29, 1.82) is 0 Å². The van der Waals surface area contributed by atoms with Gasteiger partial charge in [0.15, 0.2) is 11.6 Å². The Morgan fingerprint density at radius 3 is 2.63 bits per heavy atom. The van der Waals surface area contributed by atoms with E-state index in [4.69, 9.17) is 4.74 Å². The number of amides is 1. The predicted octanol–water partition coefficient (Wildman–Crippen LogP) is 0.711. The zero-order chi connectivity index (χ0) is 14.3. The summed E-state index contributed by atoms with van der Waals surface area (Å²) >= 11 is 0. The van der Waals surface area contributed by atoms with Crippen LogP contribution < -0.4 is 20.7 Å². The lowest BCUT2D eigenvalue weighted by molar-refractivity contribution is -0.119. The first kappa shape index (κ1) is 15.0. The molecule has 1 heterocycles. The third-order valence-corrected chi connectivity index (χ3v) is 2.37. The van der Waals surface area contributed by atoms with Gasteiger partial charge >= 0.3 is 0 Å². The minimum Gasteiger partial charge on any atom is -0.490 e. The Hall–Kier alpha value is -2.05. The van der Waals surface area contributed by atoms with Gasteiger partial charge in [-0.3, -0.25) is 4.79 Å². The minimum absolute atomic E-state index is 0.0830. The minimum atomic E-state index is -0.0830. The van der Waals surface area contributed by atoms with Crippen molar-refractivity contribution in [3.63, 3.8) is 0 Å². The lowest BCUT2D eigenvalue weighted by atomic mass is 10.2. The summed E-state index contributed by atoms with van der Waals surface area (Å²) in [4.78, 5) is 19.7. The number of nitrogens with zero attached hydrogens (tertiary/aromatic N) is 2. The molecule has 0 saturated carbocycles. The van der Waals surface area contributed by atoms with E-state index in [0.29, 0.717) is 29.8 Å². The van der Waals surface area contributed by atoms with Crippen molar-refractivity contribution in [2.24, 2.45) is 5.92 Å². The number of carbonyl (C=O) groups is 1. The Balaban J connectivity index is 2.60. The summed E-state index contributed by atoms with van der Waals surface area (Å²) in [7, 11) is 3.27. The quantitative estimate of drug-likeness (QED) is 0.674. The second kappa shape index (κ2) is 7.40. The van der Waals surface area contributed by atoms with Crippen LogP contribution in [-0.2, 0) is 4.79 Å². The average Bonchev–Trinajstić information content (AvgIpc) is 2.42. The van der Waals surface area contributed by atoms with Crippen molar-refractivity contribution in [1.82, 2.24) is 15.3 Å². The van der Waals surface area contributed by atoms with Gasteiger partial charge in [0.05, 0.1) is 13.7 Å². The highest BCUT2D eigenvalue weighted by Gasteiger charge is 2.11. The summed E-state index contributed by atoms with van der Waals surface area (Å²) in [5, 5.41) is 8.65. The van der Waals surface area contributed by atoms with E-state index in [2.05, 4.69) is 25.9 Å². The maximum atomic E-state index is 11.6. The summed E-state index contributed by atoms with van der Waals surface area (Å²) < 4.78 is 5.22. The second-order valence-corrected chi connectivity index (χ2v) is 4.41. The molecular formula is C12H21N5O2. The fourth-order valence-electron chi connectivity index (χ4n) is 1.42. The largest absolute Gasteiger partial charge is 0.490 e. The molecule has 1 rings (SSSR count). The van der Waals surface area contributed by atoms with Crippen molar-refractivity contribution >= 4 is 17.5 Å². The average molecular weight is 267 g/mol. The van der Waals surface area contributed by atoms with Crippen LogP contribution in [0.4, 0.5) is 11.6 Å². The molecule has 0 saturated heterocycles. The Kier molecular flexibility index (Phi) is 5.84. The highest BCUT2D eigenvalue weighted by molar-refractivity contribution is 5.81. The van der Waals surface area contributed by atoms with Crippen LogP contribution in [0.15, 0.2) is 6.33 Å². The van der Waals surface area contributed by atoms with E-state index in [1.165, 1.54) is 13.4 Å². The molecule has 0 spiro atoms. The molecule has 1 aromatic heterocycles. The van der Waals surface area contributed by atoms with E-state index >= 15 is 0 Å². The van der Waals surface area contributed by atoms with Gasteiger partial charge in [-0.2, -0.15) is 0 Å². The van der Waals surface area contributed by atoms with Crippen molar-refractivity contribution in [3.8, 4) is 5.75 Å². The lowest BCUT2D eigenvalue weighted by Crippen LogP contribution is -2.32. The van der Waals surface area contributed by atoms with Crippen molar-refractivity contribution in [3.05, 3.63) is 6.33 Å². The van der Waals surface area contributed by atoms with Crippen LogP contribution in [0.25, 0.3) is 0 Å². The topological polar surface area (TPSA) is 88.2 Å². The Morgan fingerprint density at radius 1 is 1.37 bits per heavy atom. The zero-order valence-corrected chi connectivity index (χ0v) is 11.8. The maximum Gasteiger partial charge on any atom is 0.239 e. The van der Waals surface area contributed by atoms with E-state index in [1.807, 2.05) is 13.8 Å². The summed E-state index contributed by atoms with van der Waals surface area (Å²) in [6, 6.07) is 0. The third-order valence-electron chi connectivity index (χ3n) is 2.37. The zero-order valence-electron chi connectivity index (χ0n) is 11.8. The van der Waals surface area contributed by atoms with Crippen molar-refractivity contribution in [2.45, 2.75) is 13.8 Å². The van der Waals surface area contributed by atoms with E-state index < -0.39 is 0 Å². The smallest absolute Gasteiger partial charge is 0.239 e. The predicted molar refractivity (Wildman–Crippen MR) is 74.5 cm³/mol. The van der Waals surface area contributed by atoms with Crippen LogP contribution >= 0.6 is 0 Å². The first-order valence-corrected chi connectivity index (χ1v) is 6.15. The van der Waals surface area contributed by atoms with E-state index in [9.17, 15) is 4.79 Å². The molecule has 106 valence electrons. The first-order chi connectivity index (χ1) is 9.08. The summed E-state index contributed by atoms with van der Waals surface area (Å²) in [5.74, 6) is 1.89. The van der Waals surface area contributed by atoms with Gasteiger partial charge in [-0.15, -0.1) is 0 Å². The van der Waals surface area contributed by atoms with Gasteiger partial charge < -0.3 is 20.7 Å². The number of aromatic nitrogens is 2. The number of ether oxygens (including phenoxy) is 1. The fraction of sp³-hybridized carbons (Fsp3) is 0.583. The molecule has 0 aromatic carbocycles. The lowest BCUT2D eigenvalue weighted by Gasteiger charge is -2.13. The normalized spacial score (nSPS) is 10.2. The summed E-state index contributed by atoms with van der Waals surface area (Å²) in [5.41, 5.74) is 0. The van der Waals surface area contributed by atoms with Crippen LogP contribution in [0.3, 0.4) is 0 Å². The van der Waals surface area contributed by atoms with Crippen LogP contribution in [0.5, 0.6) is 5.75 Å². The summed E-state index contributed by atoms with van der Waals surface area (Å²) in [6.07, 6.45) is 1.41. The third kappa shape index (κ3) is 4.61. The molecule has 0 unspecified atom stereocenters. The van der Waals surface area contributed by atoms with E-state index in [0.717, 1.165) is 0 Å². The second-order valence-electron chi connectivity index (χ2n) is 4.41. The van der Waals surface area contributed by atoms with Crippen LogP contribution in [0, 0.1) is 5.92 Å². The van der Waals surface area contributed by atoms with Gasteiger partial charge in [-0.1, -0.05) is 13.8 Å². The molecule has 0 radical (unpaired) electrons. The van der Waals surface area contributed by atoms with Gasteiger partial charge in [-0.25, -0.2) is 9.97 Å². The maximum absolute atomic E-state index is 11.6. The van der Waals surface area contributed by atoms with Crippen LogP contribution in [0.2, 0.25) is 0 Å². The van der Waals surface area contributed by atoms with Gasteiger partial charge in [0.2, 0.25) is 11.7 Å². The molecule has 3 N–H and O–H groups in total. The summed E-state index contributed by atoms with van der Waals surface area (Å²) in [6.45, 7) is 4.88. The van der Waals surface area contributed by atoms with Crippen LogP contribution in [-0.4, -0.2) is 43.1 Å². The molecule has 0 aliphatic heterocycles. The molecule has 7 heteroatoms. The first-order valence-electron chi connectivity index (χ1n) is 6.15. The van der Waals surface area contributed by atoms with Gasteiger partial charge in [0.25, 0.3) is 0 Å². The Morgan fingerprint density at radius 2 is 2.05 bits per heavy atom. The van der Waals surface area contributed by atoms with Gasteiger partial charge in [0.1, 0.15) is 6.33 Å². The van der Waals surface area contributed by atoms with Crippen LogP contribution in [0.1, 0.15) is 13.8 Å². The highest BCUT2D eigenvalue weighted by atomic mass is 16.5. The highest BCUT2D eigenvalue weighted by Crippen LogP contribution is 2.27. The SMILES string of the molecule is CNc1ncnc(NCC(=O)NCC(C)C)c1OC. The number of anilines is 2. The molecule has 0 aliphatic carbocycles.